The van der Waals surface area contributed by atoms with Gasteiger partial charge in [0.05, 0.1) is 6.42 Å². The quantitative estimate of drug-likeness (QED) is 0.882. The lowest BCUT2D eigenvalue weighted by Gasteiger charge is -2.36. The molecule has 1 fully saturated rings. The molecule has 1 aromatic carbocycles. The highest BCUT2D eigenvalue weighted by Gasteiger charge is 2.26. The Labute approximate surface area is 157 Å². The van der Waals surface area contributed by atoms with Crippen LogP contribution in [-0.2, 0) is 16.6 Å². The Bertz CT molecular complexity index is 631. The van der Waals surface area contributed by atoms with Crippen LogP contribution in [0.15, 0.2) is 24.3 Å². The third-order valence-electron chi connectivity index (χ3n) is 4.58. The van der Waals surface area contributed by atoms with E-state index in [0.29, 0.717) is 32.6 Å². The molecule has 0 spiro atoms. The number of hydrogen-bond donors (Lipinski definition) is 1. The third-order valence-corrected chi connectivity index (χ3v) is 4.58. The predicted octanol–water partition coefficient (Wildman–Crippen LogP) is 3.18. The molecule has 0 unspecified atom stereocenters. The van der Waals surface area contributed by atoms with Crippen molar-refractivity contribution in [3.05, 3.63) is 35.4 Å². The molecule has 1 aliphatic heterocycles. The van der Waals surface area contributed by atoms with Crippen LogP contribution in [0.25, 0.3) is 0 Å². The van der Waals surface area contributed by atoms with Crippen LogP contribution >= 0.6 is 0 Å². The third kappa shape index (κ3) is 5.75. The molecule has 2 rings (SSSR count). The molecule has 0 bridgehead atoms. The maximum Gasteiger partial charge on any atom is 0.317 e. The summed E-state index contributed by atoms with van der Waals surface area (Å²) < 4.78 is 0. The molecule has 5 heteroatoms. The molecule has 1 aromatic rings. The topological polar surface area (TPSA) is 52.7 Å². The van der Waals surface area contributed by atoms with Crippen molar-refractivity contribution < 1.29 is 9.59 Å². The molecule has 0 aromatic heterocycles. The van der Waals surface area contributed by atoms with Gasteiger partial charge < -0.3 is 15.1 Å². The summed E-state index contributed by atoms with van der Waals surface area (Å²) in [6, 6.07) is 8.26. The van der Waals surface area contributed by atoms with Crippen LogP contribution in [-0.4, -0.2) is 53.5 Å². The van der Waals surface area contributed by atoms with E-state index < -0.39 is 0 Å². The highest BCUT2D eigenvalue weighted by Crippen LogP contribution is 2.22. The van der Waals surface area contributed by atoms with Gasteiger partial charge in [0.2, 0.25) is 5.91 Å². The highest BCUT2D eigenvalue weighted by molar-refractivity contribution is 5.79. The van der Waals surface area contributed by atoms with E-state index in [4.69, 9.17) is 0 Å². The lowest BCUT2D eigenvalue weighted by molar-refractivity contribution is -0.131. The second kappa shape index (κ2) is 7.68. The van der Waals surface area contributed by atoms with Crippen LogP contribution in [0, 0.1) is 0 Å². The maximum absolute atomic E-state index is 12.6. The van der Waals surface area contributed by atoms with Gasteiger partial charge in [-0.1, -0.05) is 45.0 Å². The zero-order chi connectivity index (χ0) is 19.5. The van der Waals surface area contributed by atoms with Gasteiger partial charge in [-0.15, -0.1) is 0 Å². The van der Waals surface area contributed by atoms with E-state index in [1.807, 2.05) is 37.8 Å². The molecule has 1 saturated heterocycles. The summed E-state index contributed by atoms with van der Waals surface area (Å²) in [5.41, 5.74) is 2.18. The van der Waals surface area contributed by atoms with Crippen molar-refractivity contribution in [1.29, 1.82) is 0 Å². The Kier molecular flexibility index (Phi) is 5.99. The van der Waals surface area contributed by atoms with E-state index in [-0.39, 0.29) is 22.9 Å². The second-order valence-corrected chi connectivity index (χ2v) is 9.17. The first-order valence-corrected chi connectivity index (χ1v) is 9.40. The number of carbonyl (C=O) groups is 2. The minimum Gasteiger partial charge on any atom is -0.339 e. The monoisotopic (exact) mass is 359 g/mol. The number of rotatable bonds is 2. The zero-order valence-corrected chi connectivity index (χ0v) is 17.1. The molecule has 144 valence electrons. The number of nitrogens with one attached hydrogen (secondary N) is 1. The van der Waals surface area contributed by atoms with Gasteiger partial charge >= 0.3 is 6.03 Å². The average molecular weight is 360 g/mol. The summed E-state index contributed by atoms with van der Waals surface area (Å²) in [7, 11) is 0. The van der Waals surface area contributed by atoms with E-state index in [1.165, 1.54) is 5.56 Å². The number of amides is 3. The SMILES string of the molecule is CC(C)(C)NC(=O)N1CCN(C(=O)Cc2ccc(C(C)(C)C)cc2)CC1. The smallest absolute Gasteiger partial charge is 0.317 e. The molecule has 0 radical (unpaired) electrons. The lowest BCUT2D eigenvalue weighted by Crippen LogP contribution is -2.56. The Balaban J connectivity index is 1.86. The van der Waals surface area contributed by atoms with E-state index in [1.54, 1.807) is 4.90 Å². The van der Waals surface area contributed by atoms with Crippen molar-refractivity contribution in [2.45, 2.75) is 58.9 Å². The van der Waals surface area contributed by atoms with E-state index >= 15 is 0 Å². The molecule has 1 N–H and O–H groups in total. The molecule has 0 saturated carbocycles. The molecular weight excluding hydrogens is 326 g/mol. The van der Waals surface area contributed by atoms with Gasteiger partial charge in [-0.2, -0.15) is 0 Å². The Morgan fingerprint density at radius 3 is 1.85 bits per heavy atom. The molecule has 26 heavy (non-hydrogen) atoms. The van der Waals surface area contributed by atoms with Gasteiger partial charge in [0.1, 0.15) is 0 Å². The molecular formula is C21H33N3O2. The average Bonchev–Trinajstić information content (AvgIpc) is 2.53. The standard InChI is InChI=1S/C21H33N3O2/c1-20(2,3)17-9-7-16(8-10-17)15-18(25)23-11-13-24(14-12-23)19(26)22-21(4,5)6/h7-10H,11-15H2,1-6H3,(H,22,26). The fourth-order valence-electron chi connectivity index (χ4n) is 2.97. The molecule has 1 aliphatic rings. The molecule has 5 nitrogen and oxygen atoms in total. The summed E-state index contributed by atoms with van der Waals surface area (Å²) in [5, 5.41) is 2.97. The normalized spacial score (nSPS) is 15.8. The van der Waals surface area contributed by atoms with Crippen LogP contribution < -0.4 is 5.32 Å². The summed E-state index contributed by atoms with van der Waals surface area (Å²) in [6.45, 7) is 14.8. The van der Waals surface area contributed by atoms with Crippen molar-refractivity contribution in [3.8, 4) is 0 Å². The number of nitrogens with zero attached hydrogens (tertiary/aromatic N) is 2. The van der Waals surface area contributed by atoms with Gasteiger partial charge in [-0.05, 0) is 37.3 Å². The van der Waals surface area contributed by atoms with Crippen LogP contribution in [0.1, 0.15) is 52.7 Å². The van der Waals surface area contributed by atoms with E-state index in [2.05, 4.69) is 38.2 Å². The molecule has 3 amide bonds. The fourth-order valence-corrected chi connectivity index (χ4v) is 2.97. The van der Waals surface area contributed by atoms with E-state index in [0.717, 1.165) is 5.56 Å². The number of piperazine rings is 1. The van der Waals surface area contributed by atoms with Crippen molar-refractivity contribution in [2.24, 2.45) is 0 Å². The first-order chi connectivity index (χ1) is 12.0. The van der Waals surface area contributed by atoms with Crippen LogP contribution in [0.4, 0.5) is 4.79 Å². The minimum absolute atomic E-state index is 0.0534. The molecule has 0 atom stereocenters. The predicted molar refractivity (Wildman–Crippen MR) is 105 cm³/mol. The number of benzene rings is 1. The Hall–Kier alpha value is -2.04. The summed E-state index contributed by atoms with van der Waals surface area (Å²) in [4.78, 5) is 28.4. The Morgan fingerprint density at radius 1 is 0.885 bits per heavy atom. The molecule has 0 aliphatic carbocycles. The van der Waals surface area contributed by atoms with Gasteiger partial charge in [0.15, 0.2) is 0 Å². The van der Waals surface area contributed by atoms with Crippen molar-refractivity contribution in [2.75, 3.05) is 26.2 Å². The first-order valence-electron chi connectivity index (χ1n) is 9.40. The van der Waals surface area contributed by atoms with Gasteiger partial charge in [-0.25, -0.2) is 4.79 Å². The number of carbonyl (C=O) groups excluding carboxylic acids is 2. The molecule has 1 heterocycles. The van der Waals surface area contributed by atoms with Crippen LogP contribution in [0.5, 0.6) is 0 Å². The maximum atomic E-state index is 12.6. The van der Waals surface area contributed by atoms with Crippen molar-refractivity contribution in [1.82, 2.24) is 15.1 Å². The van der Waals surface area contributed by atoms with Crippen molar-refractivity contribution >= 4 is 11.9 Å². The summed E-state index contributed by atoms with van der Waals surface area (Å²) in [5.74, 6) is 0.129. The second-order valence-electron chi connectivity index (χ2n) is 9.17. The summed E-state index contributed by atoms with van der Waals surface area (Å²) in [6.07, 6.45) is 0.415. The van der Waals surface area contributed by atoms with Gasteiger partial charge in [-0.3, -0.25) is 4.79 Å². The highest BCUT2D eigenvalue weighted by atomic mass is 16.2. The van der Waals surface area contributed by atoms with Gasteiger partial charge in [0, 0.05) is 31.7 Å². The van der Waals surface area contributed by atoms with Gasteiger partial charge in [0.25, 0.3) is 0 Å². The Morgan fingerprint density at radius 2 is 1.38 bits per heavy atom. The first kappa shape index (κ1) is 20.3. The largest absolute Gasteiger partial charge is 0.339 e. The lowest BCUT2D eigenvalue weighted by atomic mass is 9.86. The number of hydrogen-bond acceptors (Lipinski definition) is 2. The number of urea groups is 1. The van der Waals surface area contributed by atoms with E-state index in [9.17, 15) is 9.59 Å². The fraction of sp³-hybridized carbons (Fsp3) is 0.619. The van der Waals surface area contributed by atoms with Crippen LogP contribution in [0.3, 0.4) is 0 Å². The summed E-state index contributed by atoms with van der Waals surface area (Å²) >= 11 is 0. The van der Waals surface area contributed by atoms with Crippen LogP contribution in [0.2, 0.25) is 0 Å². The zero-order valence-electron chi connectivity index (χ0n) is 17.1. The minimum atomic E-state index is -0.247. The van der Waals surface area contributed by atoms with Crippen molar-refractivity contribution in [3.63, 3.8) is 0 Å².